The largest absolute Gasteiger partial charge is 0.384 e. The third kappa shape index (κ3) is 4.56. The third-order valence-electron chi connectivity index (χ3n) is 5.24. The highest BCUT2D eigenvalue weighted by Gasteiger charge is 2.43. The van der Waals surface area contributed by atoms with Crippen LogP contribution in [0.2, 0.25) is 0 Å². The fourth-order valence-corrected chi connectivity index (χ4v) is 5.33. The molecule has 0 unspecified atom stereocenters. The van der Waals surface area contributed by atoms with Crippen LogP contribution in [0.5, 0.6) is 0 Å². The summed E-state index contributed by atoms with van der Waals surface area (Å²) in [6, 6.07) is 0. The molecule has 2 aliphatic heterocycles. The van der Waals surface area contributed by atoms with E-state index < -0.39 is 17.1 Å². The normalized spacial score (nSPS) is 19.5. The van der Waals surface area contributed by atoms with Crippen molar-refractivity contribution in [2.45, 2.75) is 71.5 Å². The van der Waals surface area contributed by atoms with Crippen molar-refractivity contribution >= 4 is 28.2 Å². The summed E-state index contributed by atoms with van der Waals surface area (Å²) in [5.74, 6) is -0.744. The van der Waals surface area contributed by atoms with Gasteiger partial charge in [-0.2, -0.15) is 0 Å². The lowest BCUT2D eigenvalue weighted by Gasteiger charge is -2.41. The number of ether oxygens (including phenoxy) is 1. The highest BCUT2D eigenvalue weighted by Crippen LogP contribution is 2.48. The highest BCUT2D eigenvalue weighted by atomic mass is 32.1. The van der Waals surface area contributed by atoms with Gasteiger partial charge in [0.05, 0.1) is 16.8 Å². The number of thiophene rings is 1. The van der Waals surface area contributed by atoms with Gasteiger partial charge in [0.1, 0.15) is 5.00 Å². The minimum Gasteiger partial charge on any atom is -0.384 e. The zero-order chi connectivity index (χ0) is 21.4. The van der Waals surface area contributed by atoms with Crippen LogP contribution in [0, 0.1) is 0 Å². The Hall–Kier alpha value is -2.12. The molecule has 2 aliphatic rings. The van der Waals surface area contributed by atoms with Crippen molar-refractivity contribution in [3.8, 4) is 0 Å². The Balaban J connectivity index is 1.88. The van der Waals surface area contributed by atoms with Crippen LogP contribution in [-0.4, -0.2) is 24.0 Å². The van der Waals surface area contributed by atoms with E-state index in [0.29, 0.717) is 29.1 Å². The molecule has 7 heteroatoms. The van der Waals surface area contributed by atoms with Crippen LogP contribution in [0.3, 0.4) is 0 Å². The Kier molecular flexibility index (Phi) is 5.92. The van der Waals surface area contributed by atoms with E-state index in [-0.39, 0.29) is 5.91 Å². The number of nitrogens with one attached hydrogen (secondary N) is 2. The molecule has 0 atom stereocenters. The molecule has 3 rings (SSSR count). The number of fused-ring (bicyclic) bond motifs is 1. The molecule has 3 heterocycles. The van der Waals surface area contributed by atoms with Gasteiger partial charge in [0.2, 0.25) is 0 Å². The summed E-state index contributed by atoms with van der Waals surface area (Å²) in [7, 11) is 0. The molecule has 0 spiro atoms. The molecule has 0 bridgehead atoms. The minimum absolute atomic E-state index is 0.220. The molecular weight excluding hydrogens is 386 g/mol. The maximum Gasteiger partial charge on any atom is 0.254 e. The Bertz CT molecular complexity index is 893. The fourth-order valence-electron chi connectivity index (χ4n) is 4.07. The van der Waals surface area contributed by atoms with Gasteiger partial charge in [-0.25, -0.2) is 0 Å². The SMILES string of the molecule is CCCCC1=CC=C(C(=O)Nc2sc3c(c2C(N)=O)CC(C)(C)OC3(C)C)CN1. The molecule has 0 radical (unpaired) electrons. The minimum atomic E-state index is -0.558. The zero-order valence-corrected chi connectivity index (χ0v) is 18.7. The summed E-state index contributed by atoms with van der Waals surface area (Å²) in [5.41, 5.74) is 7.81. The lowest BCUT2D eigenvalue weighted by molar-refractivity contribution is -0.135. The second-order valence-electron chi connectivity index (χ2n) is 8.82. The topological polar surface area (TPSA) is 93.5 Å². The summed E-state index contributed by atoms with van der Waals surface area (Å²) < 4.78 is 6.22. The monoisotopic (exact) mass is 417 g/mol. The molecule has 0 saturated carbocycles. The van der Waals surface area contributed by atoms with Crippen LogP contribution in [0.1, 0.15) is 74.7 Å². The first-order valence-electron chi connectivity index (χ1n) is 10.1. The molecule has 2 amide bonds. The number of hydrogen-bond donors (Lipinski definition) is 3. The van der Waals surface area contributed by atoms with Crippen LogP contribution in [-0.2, 0) is 21.6 Å². The van der Waals surface area contributed by atoms with Gasteiger partial charge in [-0.15, -0.1) is 11.3 Å². The van der Waals surface area contributed by atoms with Gasteiger partial charge in [0.15, 0.2) is 0 Å². The number of rotatable bonds is 6. The van der Waals surface area contributed by atoms with E-state index in [2.05, 4.69) is 17.6 Å². The second kappa shape index (κ2) is 7.95. The highest BCUT2D eigenvalue weighted by molar-refractivity contribution is 7.17. The summed E-state index contributed by atoms with van der Waals surface area (Å²) in [6.45, 7) is 10.6. The van der Waals surface area contributed by atoms with Crippen molar-refractivity contribution in [1.82, 2.24) is 5.32 Å². The van der Waals surface area contributed by atoms with Crippen molar-refractivity contribution in [3.05, 3.63) is 39.4 Å². The molecule has 158 valence electrons. The standard InChI is InChI=1S/C22H31N3O3S/c1-6-7-8-14-10-9-13(12-24-14)19(27)25-20-16(18(23)26)15-11-21(2,3)28-22(4,5)17(15)29-20/h9-10,24H,6-8,11-12H2,1-5H3,(H2,23,26)(H,25,27). The van der Waals surface area contributed by atoms with Gasteiger partial charge < -0.3 is 21.1 Å². The summed E-state index contributed by atoms with van der Waals surface area (Å²) >= 11 is 1.38. The number of anilines is 1. The Morgan fingerprint density at radius 1 is 1.28 bits per heavy atom. The van der Waals surface area contributed by atoms with E-state index in [9.17, 15) is 9.59 Å². The van der Waals surface area contributed by atoms with Crippen LogP contribution >= 0.6 is 11.3 Å². The van der Waals surface area contributed by atoms with E-state index in [4.69, 9.17) is 10.5 Å². The first-order chi connectivity index (χ1) is 13.5. The maximum absolute atomic E-state index is 12.8. The first kappa shape index (κ1) is 21.6. The van der Waals surface area contributed by atoms with Crippen molar-refractivity contribution in [2.24, 2.45) is 5.73 Å². The quantitative estimate of drug-likeness (QED) is 0.653. The molecular formula is C22H31N3O3S. The summed E-state index contributed by atoms with van der Waals surface area (Å²) in [5, 5.41) is 6.74. The Morgan fingerprint density at radius 3 is 2.59 bits per heavy atom. The molecule has 0 aromatic carbocycles. The number of unbranched alkanes of at least 4 members (excludes halogenated alkanes) is 1. The van der Waals surface area contributed by atoms with Gasteiger partial charge in [0, 0.05) is 29.1 Å². The van der Waals surface area contributed by atoms with Gasteiger partial charge in [0.25, 0.3) is 11.8 Å². The molecule has 0 saturated heterocycles. The van der Waals surface area contributed by atoms with Crippen molar-refractivity contribution in [2.75, 3.05) is 11.9 Å². The van der Waals surface area contributed by atoms with Gasteiger partial charge in [-0.1, -0.05) is 19.4 Å². The van der Waals surface area contributed by atoms with Crippen molar-refractivity contribution in [3.63, 3.8) is 0 Å². The van der Waals surface area contributed by atoms with Crippen molar-refractivity contribution in [1.29, 1.82) is 0 Å². The Labute approximate surface area is 176 Å². The number of primary amides is 1. The van der Waals surface area contributed by atoms with E-state index in [1.54, 1.807) is 0 Å². The summed E-state index contributed by atoms with van der Waals surface area (Å²) in [6.07, 6.45) is 7.61. The van der Waals surface area contributed by atoms with Crippen LogP contribution < -0.4 is 16.4 Å². The summed E-state index contributed by atoms with van der Waals surface area (Å²) in [4.78, 5) is 26.1. The molecule has 0 fully saturated rings. The smallest absolute Gasteiger partial charge is 0.254 e. The zero-order valence-electron chi connectivity index (χ0n) is 17.9. The van der Waals surface area contributed by atoms with Crippen molar-refractivity contribution < 1.29 is 14.3 Å². The number of dihydropyridines is 1. The number of carbonyl (C=O) groups excluding carboxylic acids is 2. The lowest BCUT2D eigenvalue weighted by atomic mass is 9.86. The number of amides is 2. The van der Waals surface area contributed by atoms with Crippen LogP contribution in [0.4, 0.5) is 5.00 Å². The average Bonchev–Trinajstić information content (AvgIpc) is 2.97. The van der Waals surface area contributed by atoms with E-state index in [0.717, 1.165) is 35.4 Å². The number of carbonyl (C=O) groups is 2. The lowest BCUT2D eigenvalue weighted by Crippen LogP contribution is -2.42. The van der Waals surface area contributed by atoms with E-state index in [1.807, 2.05) is 39.8 Å². The second-order valence-corrected chi connectivity index (χ2v) is 9.84. The van der Waals surface area contributed by atoms with Gasteiger partial charge >= 0.3 is 0 Å². The maximum atomic E-state index is 12.8. The van der Waals surface area contributed by atoms with Gasteiger partial charge in [-0.3, -0.25) is 9.59 Å². The average molecular weight is 418 g/mol. The Morgan fingerprint density at radius 2 is 2.00 bits per heavy atom. The molecule has 0 aliphatic carbocycles. The number of hydrogen-bond acceptors (Lipinski definition) is 5. The predicted octanol–water partition coefficient (Wildman–Crippen LogP) is 3.98. The third-order valence-corrected chi connectivity index (χ3v) is 6.70. The molecule has 6 nitrogen and oxygen atoms in total. The molecule has 1 aromatic rings. The van der Waals surface area contributed by atoms with Crippen LogP contribution in [0.15, 0.2) is 23.4 Å². The fraction of sp³-hybridized carbons (Fsp3) is 0.545. The van der Waals surface area contributed by atoms with E-state index >= 15 is 0 Å². The predicted molar refractivity (Wildman–Crippen MR) is 117 cm³/mol. The number of nitrogens with two attached hydrogens (primary N) is 1. The molecule has 29 heavy (non-hydrogen) atoms. The molecule has 1 aromatic heterocycles. The van der Waals surface area contributed by atoms with Crippen LogP contribution in [0.25, 0.3) is 0 Å². The molecule has 4 N–H and O–H groups in total. The number of allylic oxidation sites excluding steroid dienone is 3. The van der Waals surface area contributed by atoms with E-state index in [1.165, 1.54) is 11.3 Å². The van der Waals surface area contributed by atoms with Gasteiger partial charge in [-0.05, 0) is 52.2 Å². The first-order valence-corrected chi connectivity index (χ1v) is 11.0.